The van der Waals surface area contributed by atoms with Gasteiger partial charge in [-0.3, -0.25) is 14.7 Å². The zero-order chi connectivity index (χ0) is 21.6. The fourth-order valence-corrected chi connectivity index (χ4v) is 3.50. The number of hydroxylamine groups is 1. The van der Waals surface area contributed by atoms with Gasteiger partial charge >= 0.3 is 12.0 Å². The molecule has 9 nitrogen and oxygen atoms in total. The van der Waals surface area contributed by atoms with Crippen LogP contribution in [0.1, 0.15) is 0 Å². The van der Waals surface area contributed by atoms with E-state index in [0.29, 0.717) is 30.7 Å². The van der Waals surface area contributed by atoms with E-state index in [1.165, 1.54) is 12.3 Å². The summed E-state index contributed by atoms with van der Waals surface area (Å²) in [6.45, 7) is 3.97. The Morgan fingerprint density at radius 2 is 2.13 bits per heavy atom. The molecule has 1 aliphatic rings. The molecule has 1 aromatic carbocycles. The Morgan fingerprint density at radius 1 is 1.29 bits per heavy atom. The molecule has 1 saturated heterocycles. The van der Waals surface area contributed by atoms with E-state index in [-0.39, 0.29) is 23.9 Å². The number of aromatic nitrogens is 1. The minimum atomic E-state index is -0.861. The number of benzene rings is 1. The summed E-state index contributed by atoms with van der Waals surface area (Å²) in [6, 6.07) is 6.35. The molecule has 1 fully saturated rings. The lowest BCUT2D eigenvalue weighted by atomic mass is 10.2. The number of furan rings is 1. The molecule has 2 N–H and O–H groups in total. The number of halogens is 2. The monoisotopic (exact) mass is 542 g/mol. The molecule has 0 aliphatic carbocycles. The van der Waals surface area contributed by atoms with Gasteiger partial charge in [0.15, 0.2) is 0 Å². The molecule has 3 heterocycles. The third-order valence-corrected chi connectivity index (χ3v) is 5.27. The largest absolute Gasteiger partial charge is 0.439 e. The molecule has 0 bridgehead atoms. The Morgan fingerprint density at radius 3 is 2.94 bits per heavy atom. The highest BCUT2D eigenvalue weighted by atomic mass is 127. The van der Waals surface area contributed by atoms with Crippen molar-refractivity contribution in [3.05, 3.63) is 46.0 Å². The summed E-state index contributed by atoms with van der Waals surface area (Å²) in [4.78, 5) is 23.6. The van der Waals surface area contributed by atoms with Crippen molar-refractivity contribution in [2.75, 3.05) is 44.8 Å². The van der Waals surface area contributed by atoms with Crippen molar-refractivity contribution >= 4 is 51.0 Å². The molecule has 4 rings (SSSR count). The van der Waals surface area contributed by atoms with E-state index >= 15 is 0 Å². The average molecular weight is 542 g/mol. The van der Waals surface area contributed by atoms with Gasteiger partial charge in [0.05, 0.1) is 30.9 Å². The molecule has 2 aromatic heterocycles. The molecule has 11 heteroatoms. The number of nitrogens with zero attached hydrogens (tertiary/aromatic N) is 2. The van der Waals surface area contributed by atoms with Crippen LogP contribution in [0.25, 0.3) is 11.0 Å². The maximum absolute atomic E-state index is 14.3. The van der Waals surface area contributed by atoms with Crippen molar-refractivity contribution in [1.82, 2.24) is 15.4 Å². The number of pyridine rings is 1. The lowest BCUT2D eigenvalue weighted by Gasteiger charge is -2.26. The number of hydrogen-bond acceptors (Lipinski definition) is 8. The predicted molar refractivity (Wildman–Crippen MR) is 119 cm³/mol. The van der Waals surface area contributed by atoms with E-state index in [4.69, 9.17) is 18.7 Å². The van der Waals surface area contributed by atoms with Gasteiger partial charge in [-0.15, -0.1) is 0 Å². The Kier molecular flexibility index (Phi) is 7.17. The van der Waals surface area contributed by atoms with Crippen LogP contribution in [0.4, 0.5) is 20.6 Å². The molecule has 164 valence electrons. The van der Waals surface area contributed by atoms with Crippen LogP contribution < -0.4 is 15.5 Å². The normalized spacial score (nSPS) is 14.5. The van der Waals surface area contributed by atoms with Crippen LogP contribution in [0.3, 0.4) is 0 Å². The van der Waals surface area contributed by atoms with Crippen molar-refractivity contribution in [3.8, 4) is 5.95 Å². The van der Waals surface area contributed by atoms with E-state index in [0.717, 1.165) is 16.7 Å². The number of anilines is 2. The molecule has 0 unspecified atom stereocenters. The van der Waals surface area contributed by atoms with E-state index < -0.39 is 11.9 Å². The Bertz CT molecular complexity index is 1060. The van der Waals surface area contributed by atoms with Crippen LogP contribution >= 0.6 is 22.6 Å². The number of morpholine rings is 1. The van der Waals surface area contributed by atoms with Crippen molar-refractivity contribution in [2.24, 2.45) is 0 Å². The first-order chi connectivity index (χ1) is 15.1. The first kappa shape index (κ1) is 21.7. The van der Waals surface area contributed by atoms with Gasteiger partial charge in [-0.1, -0.05) is 0 Å². The number of carbonyl (C=O) groups is 1. The van der Waals surface area contributed by atoms with E-state index in [1.807, 2.05) is 22.6 Å². The molecule has 1 amide bonds. The highest BCUT2D eigenvalue weighted by Gasteiger charge is 2.20. The maximum Gasteiger partial charge on any atom is 0.439 e. The zero-order valence-electron chi connectivity index (χ0n) is 16.4. The zero-order valence-corrected chi connectivity index (χ0v) is 18.6. The van der Waals surface area contributed by atoms with Crippen LogP contribution in [0.2, 0.25) is 0 Å². The van der Waals surface area contributed by atoms with E-state index in [1.54, 1.807) is 24.4 Å². The second kappa shape index (κ2) is 10.2. The summed E-state index contributed by atoms with van der Waals surface area (Å²) in [5.41, 5.74) is 3.15. The Hall–Kier alpha value is -2.48. The van der Waals surface area contributed by atoms with Gasteiger partial charge in [-0.05, 0) is 46.9 Å². The molecule has 0 atom stereocenters. The van der Waals surface area contributed by atoms with Gasteiger partial charge in [-0.25, -0.2) is 9.18 Å². The van der Waals surface area contributed by atoms with E-state index in [9.17, 15) is 9.18 Å². The highest BCUT2D eigenvalue weighted by Crippen LogP contribution is 2.39. The molecular formula is C20H20FIN4O5. The van der Waals surface area contributed by atoms with Gasteiger partial charge in [0.1, 0.15) is 17.1 Å². The number of amides is 1. The SMILES string of the molecule is O=C(NOCCN1CCOCC1)Oc1oc2ccncc2c1Nc1ccc(I)cc1F. The maximum atomic E-state index is 14.3. The fourth-order valence-electron chi connectivity index (χ4n) is 3.05. The number of fused-ring (bicyclic) bond motifs is 1. The Balaban J connectivity index is 1.41. The third-order valence-electron chi connectivity index (χ3n) is 4.60. The van der Waals surface area contributed by atoms with Gasteiger partial charge in [-0.2, -0.15) is 5.48 Å². The quantitative estimate of drug-likeness (QED) is 0.265. The molecule has 0 saturated carbocycles. The molecule has 0 radical (unpaired) electrons. The van der Waals surface area contributed by atoms with Crippen LogP contribution in [0.15, 0.2) is 41.1 Å². The molecule has 31 heavy (non-hydrogen) atoms. The van der Waals surface area contributed by atoms with Crippen LogP contribution in [0.5, 0.6) is 5.95 Å². The summed E-state index contributed by atoms with van der Waals surface area (Å²) in [5, 5.41) is 3.47. The summed E-state index contributed by atoms with van der Waals surface area (Å²) in [5.74, 6) is -0.581. The summed E-state index contributed by atoms with van der Waals surface area (Å²) in [7, 11) is 0. The molecule has 1 aliphatic heterocycles. The molecule has 0 spiro atoms. The number of rotatable bonds is 7. The van der Waals surface area contributed by atoms with Gasteiger partial charge in [0.2, 0.25) is 0 Å². The standard InChI is InChI=1S/C20H20FIN4O5/c21-15-11-13(22)1-2-16(15)24-18-14-12-23-4-3-17(14)30-19(18)31-20(27)25-29-10-7-26-5-8-28-9-6-26/h1-4,11-12,24H,5-10H2,(H,25,27). The van der Waals surface area contributed by atoms with Gasteiger partial charge in [0, 0.05) is 35.6 Å². The summed E-state index contributed by atoms with van der Waals surface area (Å²) in [6.07, 6.45) is 2.22. The highest BCUT2D eigenvalue weighted by molar-refractivity contribution is 14.1. The number of carbonyl (C=O) groups excluding carboxylic acids is 1. The lowest BCUT2D eigenvalue weighted by molar-refractivity contribution is -0.000421. The fraction of sp³-hybridized carbons (Fsp3) is 0.300. The Labute approximate surface area is 190 Å². The van der Waals surface area contributed by atoms with Crippen molar-refractivity contribution in [2.45, 2.75) is 0 Å². The summed E-state index contributed by atoms with van der Waals surface area (Å²) < 4.78 is 31.3. The van der Waals surface area contributed by atoms with E-state index in [2.05, 4.69) is 20.7 Å². The third kappa shape index (κ3) is 5.61. The summed E-state index contributed by atoms with van der Waals surface area (Å²) >= 11 is 2.02. The lowest BCUT2D eigenvalue weighted by Crippen LogP contribution is -2.39. The van der Waals surface area contributed by atoms with Crippen molar-refractivity contribution < 1.29 is 27.9 Å². The molecule has 3 aromatic rings. The van der Waals surface area contributed by atoms with Crippen molar-refractivity contribution in [1.29, 1.82) is 0 Å². The first-order valence-corrected chi connectivity index (χ1v) is 10.7. The first-order valence-electron chi connectivity index (χ1n) is 9.58. The number of hydrogen-bond donors (Lipinski definition) is 2. The second-order valence-electron chi connectivity index (χ2n) is 6.68. The predicted octanol–water partition coefficient (Wildman–Crippen LogP) is 3.67. The second-order valence-corrected chi connectivity index (χ2v) is 7.93. The van der Waals surface area contributed by atoms with Gasteiger partial charge in [0.25, 0.3) is 0 Å². The molecular weight excluding hydrogens is 522 g/mol. The van der Waals surface area contributed by atoms with Crippen LogP contribution in [0, 0.1) is 9.39 Å². The minimum absolute atomic E-state index is 0.129. The smallest absolute Gasteiger partial charge is 0.424 e. The van der Waals surface area contributed by atoms with Crippen LogP contribution in [-0.2, 0) is 9.57 Å². The van der Waals surface area contributed by atoms with Gasteiger partial charge < -0.3 is 19.2 Å². The number of nitrogens with one attached hydrogen (secondary N) is 2. The van der Waals surface area contributed by atoms with Crippen molar-refractivity contribution in [3.63, 3.8) is 0 Å². The van der Waals surface area contributed by atoms with Crippen LogP contribution in [-0.4, -0.2) is 55.4 Å². The topological polar surface area (TPSA) is 98.1 Å². The minimum Gasteiger partial charge on any atom is -0.424 e. The number of ether oxygens (including phenoxy) is 2. The average Bonchev–Trinajstić information content (AvgIpc) is 3.11.